The van der Waals surface area contributed by atoms with Crippen LogP contribution in [-0.2, 0) is 20.7 Å². The van der Waals surface area contributed by atoms with Crippen LogP contribution in [0.15, 0.2) is 47.4 Å². The number of nitrogens with one attached hydrogen (secondary N) is 1. The van der Waals surface area contributed by atoms with Gasteiger partial charge in [0.25, 0.3) is 5.91 Å². The second-order valence-corrected chi connectivity index (χ2v) is 7.13. The molecule has 3 N–H and O–H groups in total. The van der Waals surface area contributed by atoms with Crippen molar-refractivity contribution < 1.29 is 28.6 Å². The zero-order chi connectivity index (χ0) is 21.9. The van der Waals surface area contributed by atoms with E-state index in [2.05, 4.69) is 5.32 Å². The molecule has 0 bridgehead atoms. The lowest BCUT2D eigenvalue weighted by molar-refractivity contribution is -0.121. The number of hydrogen-bond donors (Lipinski definition) is 2. The van der Waals surface area contributed by atoms with Gasteiger partial charge in [0, 0.05) is 11.4 Å². The predicted octanol–water partition coefficient (Wildman–Crippen LogP) is 1.80. The highest BCUT2D eigenvalue weighted by Gasteiger charge is 2.15. The molecule has 2 rings (SSSR count). The summed E-state index contributed by atoms with van der Waals surface area (Å²) in [6.45, 7) is -0.0361. The molecule has 0 atom stereocenters. The number of amides is 2. The summed E-state index contributed by atoms with van der Waals surface area (Å²) in [6.07, 6.45) is 0.632. The average molecular weight is 432 g/mol. The van der Waals surface area contributed by atoms with Crippen LogP contribution in [0.25, 0.3) is 0 Å². The van der Waals surface area contributed by atoms with Gasteiger partial charge in [-0.25, -0.2) is 4.79 Å². The number of ether oxygens (including phenoxy) is 3. The molecule has 2 amide bonds. The van der Waals surface area contributed by atoms with Gasteiger partial charge in [0.15, 0.2) is 18.1 Å². The van der Waals surface area contributed by atoms with Gasteiger partial charge in [-0.15, -0.1) is 11.8 Å². The molecule has 0 fully saturated rings. The van der Waals surface area contributed by atoms with Crippen molar-refractivity contribution in [1.82, 2.24) is 5.32 Å². The van der Waals surface area contributed by atoms with Gasteiger partial charge in [0.05, 0.1) is 25.5 Å². The van der Waals surface area contributed by atoms with Crippen molar-refractivity contribution in [2.24, 2.45) is 5.73 Å². The lowest BCUT2D eigenvalue weighted by Crippen LogP contribution is -2.27. The quantitative estimate of drug-likeness (QED) is 0.411. The molecule has 0 heterocycles. The number of carbonyl (C=O) groups is 3. The summed E-state index contributed by atoms with van der Waals surface area (Å²) in [5.74, 6) is -0.146. The molecule has 0 radical (unpaired) electrons. The van der Waals surface area contributed by atoms with Crippen LogP contribution in [-0.4, -0.2) is 50.9 Å². The first kappa shape index (κ1) is 23.1. The van der Waals surface area contributed by atoms with E-state index in [0.717, 1.165) is 5.56 Å². The molecule has 9 heteroatoms. The number of hydrogen-bond acceptors (Lipinski definition) is 7. The van der Waals surface area contributed by atoms with E-state index in [1.165, 1.54) is 11.8 Å². The molecule has 8 nitrogen and oxygen atoms in total. The Bertz CT molecular complexity index is 903. The predicted molar refractivity (Wildman–Crippen MR) is 113 cm³/mol. The summed E-state index contributed by atoms with van der Waals surface area (Å²) in [4.78, 5) is 35.6. The third-order valence-corrected chi connectivity index (χ3v) is 5.07. The van der Waals surface area contributed by atoms with Crippen LogP contribution in [0.1, 0.15) is 15.9 Å². The Morgan fingerprint density at radius 2 is 1.77 bits per heavy atom. The normalized spacial score (nSPS) is 10.2. The summed E-state index contributed by atoms with van der Waals surface area (Å²) in [5, 5.41) is 2.85. The van der Waals surface area contributed by atoms with E-state index in [9.17, 15) is 14.4 Å². The summed E-state index contributed by atoms with van der Waals surface area (Å²) >= 11 is 1.21. The molecule has 160 valence electrons. The van der Waals surface area contributed by atoms with Crippen LogP contribution in [0.5, 0.6) is 11.5 Å². The molecular weight excluding hydrogens is 408 g/mol. The number of rotatable bonds is 11. The summed E-state index contributed by atoms with van der Waals surface area (Å²) < 4.78 is 15.3. The summed E-state index contributed by atoms with van der Waals surface area (Å²) in [6, 6.07) is 12.3. The third-order valence-electron chi connectivity index (χ3n) is 4.00. The molecular formula is C21H24N2O6S. The summed E-state index contributed by atoms with van der Waals surface area (Å²) in [5.41, 5.74) is 6.27. The van der Waals surface area contributed by atoms with Crippen molar-refractivity contribution in [1.29, 1.82) is 0 Å². The van der Waals surface area contributed by atoms with Gasteiger partial charge >= 0.3 is 5.97 Å². The number of carbonyl (C=O) groups excluding carboxylic acids is 3. The van der Waals surface area contributed by atoms with Crippen molar-refractivity contribution in [3.63, 3.8) is 0 Å². The minimum atomic E-state index is -0.734. The SMILES string of the molecule is COc1ccc(CCNC(=O)CSc2ccccc2C(=O)OCC(N)=O)cc1OC. The molecule has 30 heavy (non-hydrogen) atoms. The molecule has 0 aliphatic heterocycles. The number of nitrogens with two attached hydrogens (primary N) is 1. The van der Waals surface area contributed by atoms with E-state index in [1.54, 1.807) is 38.5 Å². The zero-order valence-electron chi connectivity index (χ0n) is 16.8. The highest BCUT2D eigenvalue weighted by molar-refractivity contribution is 8.00. The van der Waals surface area contributed by atoms with Gasteiger partial charge in [-0.1, -0.05) is 18.2 Å². The standard InChI is InChI=1S/C21H24N2O6S/c1-27-16-8-7-14(11-17(16)28-2)9-10-23-20(25)13-30-18-6-4-3-5-15(18)21(26)29-12-19(22)24/h3-8,11H,9-10,12-13H2,1-2H3,(H2,22,24)(H,23,25). The van der Waals surface area contributed by atoms with E-state index in [4.69, 9.17) is 19.9 Å². The summed E-state index contributed by atoms with van der Waals surface area (Å²) in [7, 11) is 3.15. The third kappa shape index (κ3) is 7.00. The molecule has 0 saturated heterocycles. The first-order valence-corrected chi connectivity index (χ1v) is 10.1. The Balaban J connectivity index is 1.84. The fourth-order valence-corrected chi connectivity index (χ4v) is 3.42. The molecule has 0 spiro atoms. The highest BCUT2D eigenvalue weighted by Crippen LogP contribution is 2.27. The maximum absolute atomic E-state index is 12.2. The van der Waals surface area contributed by atoms with Crippen molar-refractivity contribution >= 4 is 29.5 Å². The lowest BCUT2D eigenvalue weighted by Gasteiger charge is -2.11. The van der Waals surface area contributed by atoms with Crippen LogP contribution in [0, 0.1) is 0 Å². The molecule has 0 aliphatic rings. The monoisotopic (exact) mass is 432 g/mol. The number of primary amides is 1. The van der Waals surface area contributed by atoms with E-state index in [1.807, 2.05) is 18.2 Å². The van der Waals surface area contributed by atoms with Gasteiger partial charge in [-0.05, 0) is 36.2 Å². The first-order valence-electron chi connectivity index (χ1n) is 9.09. The van der Waals surface area contributed by atoms with Crippen molar-refractivity contribution in [2.75, 3.05) is 33.1 Å². The minimum absolute atomic E-state index is 0.131. The highest BCUT2D eigenvalue weighted by atomic mass is 32.2. The van der Waals surface area contributed by atoms with E-state index in [-0.39, 0.29) is 17.2 Å². The van der Waals surface area contributed by atoms with Gasteiger partial charge in [-0.2, -0.15) is 0 Å². The number of esters is 1. The Morgan fingerprint density at radius 1 is 1.03 bits per heavy atom. The zero-order valence-corrected chi connectivity index (χ0v) is 17.6. The van der Waals surface area contributed by atoms with Crippen LogP contribution >= 0.6 is 11.8 Å². The van der Waals surface area contributed by atoms with Gasteiger partial charge in [-0.3, -0.25) is 9.59 Å². The van der Waals surface area contributed by atoms with Crippen molar-refractivity contribution in [2.45, 2.75) is 11.3 Å². The van der Waals surface area contributed by atoms with Crippen LogP contribution < -0.4 is 20.5 Å². The largest absolute Gasteiger partial charge is 0.493 e. The number of benzene rings is 2. The van der Waals surface area contributed by atoms with Crippen molar-refractivity contribution in [3.05, 3.63) is 53.6 Å². The Hall–Kier alpha value is -3.20. The first-order chi connectivity index (χ1) is 14.4. The lowest BCUT2D eigenvalue weighted by atomic mass is 10.1. The second-order valence-electron chi connectivity index (χ2n) is 6.12. The molecule has 0 aliphatic carbocycles. The van der Waals surface area contributed by atoms with Crippen molar-refractivity contribution in [3.8, 4) is 11.5 Å². The Kier molecular flexibility index (Phi) is 9.02. The Morgan fingerprint density at radius 3 is 2.47 bits per heavy atom. The molecule has 2 aromatic carbocycles. The Labute approximate surface area is 179 Å². The van der Waals surface area contributed by atoms with E-state index >= 15 is 0 Å². The fourth-order valence-electron chi connectivity index (χ4n) is 2.55. The van der Waals surface area contributed by atoms with Gasteiger partial charge in [0.1, 0.15) is 0 Å². The fraction of sp³-hybridized carbons (Fsp3) is 0.286. The van der Waals surface area contributed by atoms with Crippen LogP contribution in [0.2, 0.25) is 0 Å². The smallest absolute Gasteiger partial charge is 0.339 e. The second kappa shape index (κ2) is 11.7. The topological polar surface area (TPSA) is 117 Å². The van der Waals surface area contributed by atoms with E-state index < -0.39 is 18.5 Å². The van der Waals surface area contributed by atoms with E-state index in [0.29, 0.717) is 29.4 Å². The van der Waals surface area contributed by atoms with Gasteiger partial charge < -0.3 is 25.3 Å². The molecule has 0 aromatic heterocycles. The maximum atomic E-state index is 12.2. The molecule has 0 unspecified atom stereocenters. The van der Waals surface area contributed by atoms with Crippen LogP contribution in [0.4, 0.5) is 0 Å². The maximum Gasteiger partial charge on any atom is 0.339 e. The number of thioether (sulfide) groups is 1. The van der Waals surface area contributed by atoms with Gasteiger partial charge in [0.2, 0.25) is 5.91 Å². The molecule has 2 aromatic rings. The number of methoxy groups -OCH3 is 2. The van der Waals surface area contributed by atoms with Crippen LogP contribution in [0.3, 0.4) is 0 Å². The average Bonchev–Trinajstić information content (AvgIpc) is 2.76. The molecule has 0 saturated carbocycles. The minimum Gasteiger partial charge on any atom is -0.493 e.